The zero-order valence-corrected chi connectivity index (χ0v) is 15.5. The Labute approximate surface area is 155 Å². The molecule has 0 fully saturated rings. The number of esters is 1. The van der Waals surface area contributed by atoms with Gasteiger partial charge >= 0.3 is 5.97 Å². The van der Waals surface area contributed by atoms with Gasteiger partial charge < -0.3 is 9.84 Å². The van der Waals surface area contributed by atoms with Gasteiger partial charge in [-0.25, -0.2) is 4.99 Å². The molecule has 0 saturated carbocycles. The summed E-state index contributed by atoms with van der Waals surface area (Å²) >= 11 is 0. The summed E-state index contributed by atoms with van der Waals surface area (Å²) in [5.74, 6) is 0.138. The highest BCUT2D eigenvalue weighted by atomic mass is 16.5. The molecule has 4 nitrogen and oxygen atoms in total. The number of carbonyl (C=O) groups excluding carboxylic acids is 1. The van der Waals surface area contributed by atoms with E-state index in [0.29, 0.717) is 11.6 Å². The van der Waals surface area contributed by atoms with Crippen molar-refractivity contribution in [3.63, 3.8) is 0 Å². The molecular formula is C22H27NO3. The summed E-state index contributed by atoms with van der Waals surface area (Å²) in [6.07, 6.45) is 4.67. The lowest BCUT2D eigenvalue weighted by molar-refractivity contribution is -0.140. The summed E-state index contributed by atoms with van der Waals surface area (Å²) in [5, 5.41) is 9.43. The van der Waals surface area contributed by atoms with E-state index in [9.17, 15) is 9.90 Å². The van der Waals surface area contributed by atoms with Gasteiger partial charge in [0.05, 0.1) is 11.6 Å². The fourth-order valence-electron chi connectivity index (χ4n) is 2.73. The van der Waals surface area contributed by atoms with Crippen molar-refractivity contribution in [2.75, 3.05) is 0 Å². The number of aliphatic imine (C=N–C) groups is 1. The summed E-state index contributed by atoms with van der Waals surface area (Å²) in [6, 6.07) is 15.9. The van der Waals surface area contributed by atoms with Crippen LogP contribution >= 0.6 is 0 Å². The van der Waals surface area contributed by atoms with Gasteiger partial charge in [-0.3, -0.25) is 4.79 Å². The first-order valence-corrected chi connectivity index (χ1v) is 9.28. The molecule has 2 aromatic rings. The molecule has 0 heterocycles. The quantitative estimate of drug-likeness (QED) is 0.381. The molecule has 4 heteroatoms. The predicted molar refractivity (Wildman–Crippen MR) is 105 cm³/mol. The summed E-state index contributed by atoms with van der Waals surface area (Å²) in [5.41, 5.74) is 1.37. The minimum Gasteiger partial charge on any atom is -0.508 e. The van der Waals surface area contributed by atoms with Crippen LogP contribution in [0.25, 0.3) is 0 Å². The van der Waals surface area contributed by atoms with E-state index in [-0.39, 0.29) is 17.6 Å². The number of hydrogen-bond acceptors (Lipinski definition) is 4. The first-order valence-electron chi connectivity index (χ1n) is 9.28. The normalized spacial score (nSPS) is 12.6. The van der Waals surface area contributed by atoms with Crippen molar-refractivity contribution in [1.82, 2.24) is 0 Å². The highest BCUT2D eigenvalue weighted by Crippen LogP contribution is 2.21. The van der Waals surface area contributed by atoms with Gasteiger partial charge in [0.15, 0.2) is 0 Å². The Balaban J connectivity index is 2.26. The Hall–Kier alpha value is -2.62. The van der Waals surface area contributed by atoms with Gasteiger partial charge in [0.2, 0.25) is 5.90 Å². The van der Waals surface area contributed by atoms with Crippen LogP contribution in [-0.2, 0) is 9.53 Å². The van der Waals surface area contributed by atoms with E-state index >= 15 is 0 Å². The fourth-order valence-corrected chi connectivity index (χ4v) is 2.73. The van der Waals surface area contributed by atoms with Crippen molar-refractivity contribution in [3.05, 3.63) is 60.2 Å². The lowest BCUT2D eigenvalue weighted by Gasteiger charge is -2.16. The van der Waals surface area contributed by atoms with Crippen molar-refractivity contribution in [2.24, 2.45) is 10.9 Å². The van der Waals surface area contributed by atoms with Crippen LogP contribution in [0, 0.1) is 5.92 Å². The number of phenols is 1. The van der Waals surface area contributed by atoms with E-state index in [1.165, 1.54) is 0 Å². The molecule has 0 amide bonds. The van der Waals surface area contributed by atoms with Crippen LogP contribution in [0.5, 0.6) is 5.75 Å². The van der Waals surface area contributed by atoms with E-state index < -0.39 is 0 Å². The van der Waals surface area contributed by atoms with Crippen molar-refractivity contribution in [2.45, 2.75) is 46.0 Å². The van der Waals surface area contributed by atoms with Crippen LogP contribution in [0.1, 0.15) is 51.5 Å². The number of rotatable bonds is 8. The van der Waals surface area contributed by atoms with Crippen LogP contribution in [0.3, 0.4) is 0 Å². The molecule has 0 saturated heterocycles. The third kappa shape index (κ3) is 6.03. The molecule has 0 bridgehead atoms. The Morgan fingerprint density at radius 3 is 2.31 bits per heavy atom. The molecule has 138 valence electrons. The molecule has 0 aliphatic carbocycles. The molecule has 0 spiro atoms. The molecule has 0 aromatic heterocycles. The largest absolute Gasteiger partial charge is 0.508 e. The van der Waals surface area contributed by atoms with Gasteiger partial charge in [-0.05, 0) is 49.2 Å². The van der Waals surface area contributed by atoms with Crippen molar-refractivity contribution in [3.8, 4) is 5.75 Å². The Morgan fingerprint density at radius 2 is 1.69 bits per heavy atom. The minimum absolute atomic E-state index is 0.103. The monoisotopic (exact) mass is 353 g/mol. The second-order valence-electron chi connectivity index (χ2n) is 6.35. The molecule has 0 aliphatic heterocycles. The van der Waals surface area contributed by atoms with E-state index in [2.05, 4.69) is 18.8 Å². The maximum atomic E-state index is 12.7. The molecule has 0 radical (unpaired) electrons. The van der Waals surface area contributed by atoms with Gasteiger partial charge in [-0.2, -0.15) is 0 Å². The number of benzene rings is 2. The zero-order chi connectivity index (χ0) is 18.8. The number of phenolic OH excluding ortho intramolecular Hbond substituents is 1. The number of aromatic hydroxyl groups is 1. The molecule has 1 unspecified atom stereocenters. The van der Waals surface area contributed by atoms with Crippen LogP contribution in [0.2, 0.25) is 0 Å². The maximum absolute atomic E-state index is 12.7. The second-order valence-corrected chi connectivity index (χ2v) is 6.35. The van der Waals surface area contributed by atoms with Crippen LogP contribution in [0.15, 0.2) is 59.6 Å². The van der Waals surface area contributed by atoms with Crippen molar-refractivity contribution >= 4 is 17.6 Å². The predicted octanol–water partition coefficient (Wildman–Crippen LogP) is 5.62. The van der Waals surface area contributed by atoms with E-state index in [1.807, 2.05) is 30.3 Å². The summed E-state index contributed by atoms with van der Waals surface area (Å²) in [4.78, 5) is 17.2. The number of ether oxygens (including phenoxy) is 1. The Bertz CT molecular complexity index is 708. The van der Waals surface area contributed by atoms with Gasteiger partial charge in [0.1, 0.15) is 5.75 Å². The first kappa shape index (κ1) is 19.7. The summed E-state index contributed by atoms with van der Waals surface area (Å²) < 4.78 is 5.73. The van der Waals surface area contributed by atoms with Crippen molar-refractivity contribution in [1.29, 1.82) is 0 Å². The van der Waals surface area contributed by atoms with Gasteiger partial charge in [0.25, 0.3) is 0 Å². The van der Waals surface area contributed by atoms with E-state index in [4.69, 9.17) is 4.74 Å². The Kier molecular flexibility index (Phi) is 7.87. The average molecular weight is 353 g/mol. The Morgan fingerprint density at radius 1 is 1.00 bits per heavy atom. The van der Waals surface area contributed by atoms with Crippen LogP contribution in [-0.4, -0.2) is 17.0 Å². The fraction of sp³-hybridized carbons (Fsp3) is 0.364. The summed E-state index contributed by atoms with van der Waals surface area (Å²) in [7, 11) is 0. The maximum Gasteiger partial charge on any atom is 0.315 e. The summed E-state index contributed by atoms with van der Waals surface area (Å²) in [6.45, 7) is 4.20. The zero-order valence-electron chi connectivity index (χ0n) is 15.5. The SMILES string of the molecule is CCCCC(CCC)C(=O)OC(=Nc1ccc(O)cc1)c1ccccc1. The molecule has 26 heavy (non-hydrogen) atoms. The minimum atomic E-state index is -0.221. The molecule has 0 aliphatic rings. The highest BCUT2D eigenvalue weighted by molar-refractivity contribution is 6.02. The topological polar surface area (TPSA) is 58.9 Å². The van der Waals surface area contributed by atoms with E-state index in [0.717, 1.165) is 37.7 Å². The molecule has 2 rings (SSSR count). The van der Waals surface area contributed by atoms with E-state index in [1.54, 1.807) is 24.3 Å². The second kappa shape index (κ2) is 10.4. The lowest BCUT2D eigenvalue weighted by atomic mass is 9.97. The van der Waals surface area contributed by atoms with Gasteiger partial charge in [-0.15, -0.1) is 0 Å². The van der Waals surface area contributed by atoms with Crippen LogP contribution in [0.4, 0.5) is 5.69 Å². The number of hydrogen-bond donors (Lipinski definition) is 1. The third-order valence-electron chi connectivity index (χ3n) is 4.17. The molecule has 1 atom stereocenters. The standard InChI is InChI=1S/C22H27NO3/c1-3-5-10-18(9-4-2)22(25)26-21(17-11-7-6-8-12-17)23-19-13-15-20(24)16-14-19/h6-8,11-16,18,24H,3-5,9-10H2,1-2H3. The smallest absolute Gasteiger partial charge is 0.315 e. The number of carbonyl (C=O) groups is 1. The molecule has 1 N–H and O–H groups in total. The average Bonchev–Trinajstić information content (AvgIpc) is 2.67. The van der Waals surface area contributed by atoms with Crippen LogP contribution < -0.4 is 0 Å². The number of nitrogens with zero attached hydrogens (tertiary/aromatic N) is 1. The molecule has 2 aromatic carbocycles. The highest BCUT2D eigenvalue weighted by Gasteiger charge is 2.21. The van der Waals surface area contributed by atoms with Gasteiger partial charge in [-0.1, -0.05) is 51.3 Å². The lowest BCUT2D eigenvalue weighted by Crippen LogP contribution is -2.22. The first-order chi connectivity index (χ1) is 12.6. The third-order valence-corrected chi connectivity index (χ3v) is 4.17. The van der Waals surface area contributed by atoms with Crippen molar-refractivity contribution < 1.29 is 14.6 Å². The van der Waals surface area contributed by atoms with Gasteiger partial charge in [0, 0.05) is 5.56 Å². The number of unbranched alkanes of at least 4 members (excludes halogenated alkanes) is 1. The molecular weight excluding hydrogens is 326 g/mol.